The van der Waals surface area contributed by atoms with Crippen molar-refractivity contribution < 1.29 is 24.2 Å². The number of methoxy groups -OCH3 is 1. The summed E-state index contributed by atoms with van der Waals surface area (Å²) in [5.74, 6) is -0.488. The van der Waals surface area contributed by atoms with Gasteiger partial charge in [-0.1, -0.05) is 36.6 Å². The first-order valence-electron chi connectivity index (χ1n) is 10.8. The highest BCUT2D eigenvalue weighted by molar-refractivity contribution is 6.46. The Kier molecular flexibility index (Phi) is 6.42. The molecule has 32 heavy (non-hydrogen) atoms. The van der Waals surface area contributed by atoms with Crippen LogP contribution < -0.4 is 9.47 Å². The van der Waals surface area contributed by atoms with Crippen LogP contribution in [-0.4, -0.2) is 41.5 Å². The molecule has 2 fully saturated rings. The van der Waals surface area contributed by atoms with E-state index in [0.29, 0.717) is 28.7 Å². The molecular formula is C25H26ClNO5. The van der Waals surface area contributed by atoms with Gasteiger partial charge in [-0.3, -0.25) is 9.59 Å². The summed E-state index contributed by atoms with van der Waals surface area (Å²) in [5, 5.41) is 11.6. The van der Waals surface area contributed by atoms with Crippen molar-refractivity contribution in [3.63, 3.8) is 0 Å². The van der Waals surface area contributed by atoms with Crippen LogP contribution in [0.25, 0.3) is 5.76 Å². The first-order valence-corrected chi connectivity index (χ1v) is 11.2. The van der Waals surface area contributed by atoms with Gasteiger partial charge in [0.15, 0.2) is 0 Å². The highest BCUT2D eigenvalue weighted by atomic mass is 35.5. The number of likely N-dealkylation sites (tertiary alicyclic amines) is 1. The van der Waals surface area contributed by atoms with E-state index in [2.05, 4.69) is 0 Å². The maximum absolute atomic E-state index is 13.2. The van der Waals surface area contributed by atoms with Crippen LogP contribution in [0.4, 0.5) is 0 Å². The zero-order valence-electron chi connectivity index (χ0n) is 18.1. The van der Waals surface area contributed by atoms with Crippen molar-refractivity contribution in [1.29, 1.82) is 0 Å². The molecule has 0 radical (unpaired) electrons. The number of Topliss-reactive ketones (excluding diaryl/α,β-unsaturated/α-hetero) is 1. The fourth-order valence-corrected chi connectivity index (χ4v) is 4.83. The molecule has 2 aromatic carbocycles. The van der Waals surface area contributed by atoms with Gasteiger partial charge in [-0.25, -0.2) is 0 Å². The second kappa shape index (κ2) is 9.25. The number of amides is 1. The molecule has 7 heteroatoms. The van der Waals surface area contributed by atoms with Gasteiger partial charge in [0.1, 0.15) is 17.3 Å². The van der Waals surface area contributed by atoms with Crippen LogP contribution in [0.15, 0.2) is 48.0 Å². The molecule has 1 saturated heterocycles. The lowest BCUT2D eigenvalue weighted by atomic mass is 9.94. The molecular weight excluding hydrogens is 430 g/mol. The Bertz CT molecular complexity index is 1070. The van der Waals surface area contributed by atoms with E-state index in [-0.39, 0.29) is 17.4 Å². The van der Waals surface area contributed by atoms with Gasteiger partial charge in [0.2, 0.25) is 0 Å². The number of hydrogen-bond acceptors (Lipinski definition) is 5. The zero-order chi connectivity index (χ0) is 22.8. The van der Waals surface area contributed by atoms with Crippen molar-refractivity contribution in [3.8, 4) is 11.5 Å². The Hall–Kier alpha value is -2.99. The number of carbonyl (C=O) groups is 2. The smallest absolute Gasteiger partial charge is 0.295 e. The standard InChI is InChI=1S/C25H26ClNO5/c1-3-32-18-10-6-7-15(13-18)22-21(23(28)16-11-12-19(26)20(14-16)31-2)24(29)25(30)27(22)17-8-4-5-9-17/h6-7,10-14,17,22,28H,3-5,8-9H2,1-2H3/b23-21-. The number of benzene rings is 2. The lowest BCUT2D eigenvalue weighted by molar-refractivity contribution is -0.141. The lowest BCUT2D eigenvalue weighted by Gasteiger charge is -2.31. The van der Waals surface area contributed by atoms with Gasteiger partial charge in [-0.05, 0) is 55.7 Å². The average molecular weight is 456 g/mol. The van der Waals surface area contributed by atoms with Gasteiger partial charge >= 0.3 is 0 Å². The van der Waals surface area contributed by atoms with E-state index in [1.807, 2.05) is 31.2 Å². The predicted molar refractivity (Wildman–Crippen MR) is 122 cm³/mol. The Morgan fingerprint density at radius 3 is 2.59 bits per heavy atom. The molecule has 0 spiro atoms. The van der Waals surface area contributed by atoms with Crippen molar-refractivity contribution in [2.24, 2.45) is 0 Å². The first kappa shape index (κ1) is 22.2. The van der Waals surface area contributed by atoms with Crippen LogP contribution in [0, 0.1) is 0 Å². The van der Waals surface area contributed by atoms with E-state index in [1.165, 1.54) is 7.11 Å². The Balaban J connectivity index is 1.88. The molecule has 0 bridgehead atoms. The van der Waals surface area contributed by atoms with Gasteiger partial charge in [-0.15, -0.1) is 0 Å². The van der Waals surface area contributed by atoms with Gasteiger partial charge in [0, 0.05) is 11.6 Å². The molecule has 1 N–H and O–H groups in total. The summed E-state index contributed by atoms with van der Waals surface area (Å²) in [6.45, 7) is 2.39. The van der Waals surface area contributed by atoms with Gasteiger partial charge < -0.3 is 19.5 Å². The molecule has 2 aromatic rings. The maximum Gasteiger partial charge on any atom is 0.295 e. The summed E-state index contributed by atoms with van der Waals surface area (Å²) in [6.07, 6.45) is 3.69. The van der Waals surface area contributed by atoms with Crippen LogP contribution in [-0.2, 0) is 9.59 Å². The summed E-state index contributed by atoms with van der Waals surface area (Å²) in [5.41, 5.74) is 1.16. The number of ether oxygens (including phenoxy) is 2. The summed E-state index contributed by atoms with van der Waals surface area (Å²) < 4.78 is 10.9. The van der Waals surface area contributed by atoms with Crippen LogP contribution in [0.1, 0.15) is 49.8 Å². The Morgan fingerprint density at radius 2 is 1.91 bits per heavy atom. The van der Waals surface area contributed by atoms with Crippen molar-refractivity contribution in [1.82, 2.24) is 4.90 Å². The molecule has 1 saturated carbocycles. The number of nitrogens with zero attached hydrogens (tertiary/aromatic N) is 1. The number of halogens is 1. The molecule has 1 unspecified atom stereocenters. The minimum atomic E-state index is -0.694. The van der Waals surface area contributed by atoms with E-state index >= 15 is 0 Å². The number of hydrogen-bond donors (Lipinski definition) is 1. The van der Waals surface area contributed by atoms with Crippen LogP contribution in [0.2, 0.25) is 5.02 Å². The summed E-state index contributed by atoms with van der Waals surface area (Å²) in [6, 6.07) is 11.4. The fourth-order valence-electron chi connectivity index (χ4n) is 4.64. The minimum absolute atomic E-state index is 0.0442. The molecule has 0 aromatic heterocycles. The Labute approximate surface area is 192 Å². The third kappa shape index (κ3) is 3.95. The van der Waals surface area contributed by atoms with Crippen molar-refractivity contribution in [3.05, 3.63) is 64.2 Å². The van der Waals surface area contributed by atoms with E-state index in [0.717, 1.165) is 31.2 Å². The predicted octanol–water partition coefficient (Wildman–Crippen LogP) is 5.11. The molecule has 6 nitrogen and oxygen atoms in total. The van der Waals surface area contributed by atoms with E-state index in [9.17, 15) is 14.7 Å². The van der Waals surface area contributed by atoms with Crippen LogP contribution >= 0.6 is 11.6 Å². The normalized spacial score (nSPS) is 20.7. The number of aliphatic hydroxyl groups is 1. The first-order chi connectivity index (χ1) is 15.5. The highest BCUT2D eigenvalue weighted by Crippen LogP contribution is 2.44. The highest BCUT2D eigenvalue weighted by Gasteiger charge is 2.49. The quantitative estimate of drug-likeness (QED) is 0.372. The maximum atomic E-state index is 13.2. The average Bonchev–Trinajstić information content (AvgIpc) is 3.41. The largest absolute Gasteiger partial charge is 0.507 e. The molecule has 168 valence electrons. The van der Waals surface area contributed by atoms with Crippen molar-refractivity contribution in [2.75, 3.05) is 13.7 Å². The van der Waals surface area contributed by atoms with E-state index < -0.39 is 17.7 Å². The molecule has 1 heterocycles. The number of aliphatic hydroxyl groups excluding tert-OH is 1. The minimum Gasteiger partial charge on any atom is -0.507 e. The number of ketones is 1. The summed E-state index contributed by atoms with van der Waals surface area (Å²) >= 11 is 6.13. The van der Waals surface area contributed by atoms with Crippen LogP contribution in [0.5, 0.6) is 11.5 Å². The second-order valence-corrected chi connectivity index (χ2v) is 8.41. The third-order valence-corrected chi connectivity index (χ3v) is 6.42. The molecule has 1 atom stereocenters. The molecule has 1 amide bonds. The fraction of sp³-hybridized carbons (Fsp3) is 0.360. The molecule has 2 aliphatic rings. The number of carbonyl (C=O) groups excluding carboxylic acids is 2. The van der Waals surface area contributed by atoms with Gasteiger partial charge in [0.05, 0.1) is 30.4 Å². The SMILES string of the molecule is CCOc1cccc(C2/C(=C(/O)c3ccc(Cl)c(OC)c3)C(=O)C(=O)N2C2CCCC2)c1. The van der Waals surface area contributed by atoms with Gasteiger partial charge in [-0.2, -0.15) is 0 Å². The third-order valence-electron chi connectivity index (χ3n) is 6.11. The lowest BCUT2D eigenvalue weighted by Crippen LogP contribution is -2.37. The summed E-state index contributed by atoms with van der Waals surface area (Å²) in [4.78, 5) is 28.0. The van der Waals surface area contributed by atoms with E-state index in [4.69, 9.17) is 21.1 Å². The molecule has 1 aliphatic heterocycles. The molecule has 4 rings (SSSR count). The van der Waals surface area contributed by atoms with Crippen molar-refractivity contribution in [2.45, 2.75) is 44.7 Å². The zero-order valence-corrected chi connectivity index (χ0v) is 18.9. The summed E-state index contributed by atoms with van der Waals surface area (Å²) in [7, 11) is 1.48. The second-order valence-electron chi connectivity index (χ2n) is 8.00. The van der Waals surface area contributed by atoms with Gasteiger partial charge in [0.25, 0.3) is 11.7 Å². The topological polar surface area (TPSA) is 76.1 Å². The molecule has 1 aliphatic carbocycles. The monoisotopic (exact) mass is 455 g/mol. The van der Waals surface area contributed by atoms with E-state index in [1.54, 1.807) is 23.1 Å². The Morgan fingerprint density at radius 1 is 1.16 bits per heavy atom. The van der Waals surface area contributed by atoms with Crippen molar-refractivity contribution >= 4 is 29.1 Å². The van der Waals surface area contributed by atoms with Crippen LogP contribution in [0.3, 0.4) is 0 Å². The number of rotatable bonds is 6.